The lowest BCUT2D eigenvalue weighted by atomic mass is 9.83. The Kier molecular flexibility index (Phi) is 8.25. The van der Waals surface area contributed by atoms with Crippen molar-refractivity contribution >= 4 is 39.4 Å². The third kappa shape index (κ3) is 7.14. The Bertz CT molecular complexity index is 752. The van der Waals surface area contributed by atoms with Gasteiger partial charge in [0.1, 0.15) is 11.6 Å². The van der Waals surface area contributed by atoms with Crippen LogP contribution in [0.3, 0.4) is 0 Å². The Morgan fingerprint density at radius 2 is 1.83 bits per heavy atom. The molecule has 29 heavy (non-hydrogen) atoms. The molecule has 0 bridgehead atoms. The molecule has 0 spiro atoms. The first-order chi connectivity index (χ1) is 13.6. The highest BCUT2D eigenvalue weighted by Gasteiger charge is 2.33. The Labute approximate surface area is 181 Å². The zero-order chi connectivity index (χ0) is 21.6. The van der Waals surface area contributed by atoms with E-state index in [9.17, 15) is 14.4 Å². The summed E-state index contributed by atoms with van der Waals surface area (Å²) >= 11 is 3.37. The van der Waals surface area contributed by atoms with Gasteiger partial charge in [-0.15, -0.1) is 0 Å². The molecular formula is C22H31BrN2O4. The maximum absolute atomic E-state index is 13.2. The minimum absolute atomic E-state index is 0.0389. The summed E-state index contributed by atoms with van der Waals surface area (Å²) in [6.45, 7) is 7.13. The van der Waals surface area contributed by atoms with E-state index in [0.717, 1.165) is 36.6 Å². The van der Waals surface area contributed by atoms with Crippen LogP contribution in [0, 0.1) is 5.92 Å². The predicted octanol–water partition coefficient (Wildman–Crippen LogP) is 5.45. The summed E-state index contributed by atoms with van der Waals surface area (Å²) in [5.41, 5.74) is 0.260. The van der Waals surface area contributed by atoms with E-state index in [2.05, 4.69) is 26.6 Å². The highest BCUT2D eigenvalue weighted by atomic mass is 79.9. The molecule has 0 saturated heterocycles. The van der Waals surface area contributed by atoms with Crippen LogP contribution < -0.4 is 10.6 Å². The Balaban J connectivity index is 2.23. The van der Waals surface area contributed by atoms with Gasteiger partial charge < -0.3 is 15.4 Å². The average Bonchev–Trinajstić information content (AvgIpc) is 2.66. The second-order valence-electron chi connectivity index (χ2n) is 8.48. The molecule has 1 aromatic rings. The Hall–Kier alpha value is -1.89. The molecule has 2 amide bonds. The van der Waals surface area contributed by atoms with Crippen molar-refractivity contribution in [3.05, 3.63) is 28.2 Å². The molecular weight excluding hydrogens is 436 g/mol. The number of anilines is 1. The summed E-state index contributed by atoms with van der Waals surface area (Å²) in [6, 6.07) is 4.48. The molecule has 1 atom stereocenters. The normalized spacial score (nSPS) is 16.0. The summed E-state index contributed by atoms with van der Waals surface area (Å²) in [5.74, 6) is -0.344. The number of carbonyl (C=O) groups is 3. The molecule has 2 rings (SSSR count). The largest absolute Gasteiger partial charge is 0.444 e. The van der Waals surface area contributed by atoms with E-state index in [1.54, 1.807) is 45.9 Å². The van der Waals surface area contributed by atoms with Crippen molar-refractivity contribution in [1.29, 1.82) is 0 Å². The molecule has 6 nitrogen and oxygen atoms in total. The van der Waals surface area contributed by atoms with Gasteiger partial charge in [0.05, 0.1) is 5.69 Å². The van der Waals surface area contributed by atoms with Gasteiger partial charge in [-0.25, -0.2) is 4.79 Å². The number of carbonyl (C=O) groups excluding carboxylic acids is 3. The minimum atomic E-state index is -0.710. The number of alkyl carbamates (subject to hydrolysis) is 1. The summed E-state index contributed by atoms with van der Waals surface area (Å²) in [4.78, 5) is 37.8. The van der Waals surface area contributed by atoms with Crippen molar-refractivity contribution in [3.63, 3.8) is 0 Å². The highest BCUT2D eigenvalue weighted by Crippen LogP contribution is 2.28. The number of halogens is 1. The third-order valence-corrected chi connectivity index (χ3v) is 5.43. The van der Waals surface area contributed by atoms with Crippen LogP contribution in [0.5, 0.6) is 0 Å². The lowest BCUT2D eigenvalue weighted by Gasteiger charge is -2.31. The van der Waals surface area contributed by atoms with Gasteiger partial charge in [0.25, 0.3) is 0 Å². The SMILES string of the molecule is CCC(=O)c1cc(Br)ccc1NC(=O)C(NC(=O)OC(C)(C)C)C1CCCCC1. The molecule has 1 unspecified atom stereocenters. The predicted molar refractivity (Wildman–Crippen MR) is 117 cm³/mol. The van der Waals surface area contributed by atoms with Crippen LogP contribution in [0.2, 0.25) is 0 Å². The van der Waals surface area contributed by atoms with Crippen LogP contribution in [0.1, 0.15) is 76.6 Å². The van der Waals surface area contributed by atoms with Crippen molar-refractivity contribution in [2.24, 2.45) is 5.92 Å². The number of hydrogen-bond acceptors (Lipinski definition) is 4. The summed E-state index contributed by atoms with van der Waals surface area (Å²) in [5, 5.41) is 5.64. The molecule has 2 N–H and O–H groups in total. The van der Waals surface area contributed by atoms with Crippen molar-refractivity contribution in [3.8, 4) is 0 Å². The van der Waals surface area contributed by atoms with E-state index in [1.165, 1.54) is 0 Å². The zero-order valence-electron chi connectivity index (χ0n) is 17.6. The van der Waals surface area contributed by atoms with E-state index < -0.39 is 17.7 Å². The lowest BCUT2D eigenvalue weighted by Crippen LogP contribution is -2.50. The number of ketones is 1. The van der Waals surface area contributed by atoms with E-state index in [1.807, 2.05) is 0 Å². The molecule has 1 aliphatic rings. The van der Waals surface area contributed by atoms with Gasteiger partial charge in [0.15, 0.2) is 5.78 Å². The van der Waals surface area contributed by atoms with Crippen molar-refractivity contribution in [2.75, 3.05) is 5.32 Å². The van der Waals surface area contributed by atoms with Crippen molar-refractivity contribution in [2.45, 2.75) is 77.9 Å². The Morgan fingerprint density at radius 3 is 2.41 bits per heavy atom. The summed E-state index contributed by atoms with van der Waals surface area (Å²) in [7, 11) is 0. The molecule has 0 radical (unpaired) electrons. The van der Waals surface area contributed by atoms with Crippen LogP contribution in [-0.2, 0) is 9.53 Å². The summed E-state index contributed by atoms with van der Waals surface area (Å²) < 4.78 is 6.13. The number of hydrogen-bond donors (Lipinski definition) is 2. The molecule has 1 aromatic carbocycles. The highest BCUT2D eigenvalue weighted by molar-refractivity contribution is 9.10. The fraction of sp³-hybridized carbons (Fsp3) is 0.591. The Morgan fingerprint density at radius 1 is 1.17 bits per heavy atom. The van der Waals surface area contributed by atoms with E-state index in [0.29, 0.717) is 17.7 Å². The van der Waals surface area contributed by atoms with Gasteiger partial charge in [0.2, 0.25) is 5.91 Å². The number of rotatable bonds is 6. The first-order valence-electron chi connectivity index (χ1n) is 10.2. The van der Waals surface area contributed by atoms with Gasteiger partial charge in [-0.3, -0.25) is 9.59 Å². The summed E-state index contributed by atoms with van der Waals surface area (Å²) in [6.07, 6.45) is 4.67. The molecule has 160 valence electrons. The fourth-order valence-corrected chi connectivity index (χ4v) is 3.92. The lowest BCUT2D eigenvalue weighted by molar-refractivity contribution is -0.119. The second kappa shape index (κ2) is 10.2. The quantitative estimate of drug-likeness (QED) is 0.545. The molecule has 1 saturated carbocycles. The van der Waals surface area contributed by atoms with Crippen LogP contribution in [0.4, 0.5) is 10.5 Å². The maximum atomic E-state index is 13.2. The van der Waals surface area contributed by atoms with Gasteiger partial charge >= 0.3 is 6.09 Å². The van der Waals surface area contributed by atoms with Crippen LogP contribution in [0.15, 0.2) is 22.7 Å². The van der Waals surface area contributed by atoms with Crippen LogP contribution >= 0.6 is 15.9 Å². The zero-order valence-corrected chi connectivity index (χ0v) is 19.2. The fourth-order valence-electron chi connectivity index (χ4n) is 3.56. The minimum Gasteiger partial charge on any atom is -0.444 e. The molecule has 0 aromatic heterocycles. The average molecular weight is 467 g/mol. The standard InChI is InChI=1S/C22H31BrN2O4/c1-5-18(26)16-13-15(23)11-12-17(16)24-20(27)19(14-9-7-6-8-10-14)25-21(28)29-22(2,3)4/h11-14,19H,5-10H2,1-4H3,(H,24,27)(H,25,28). The van der Waals surface area contributed by atoms with Gasteiger partial charge in [-0.05, 0) is 57.7 Å². The molecule has 1 fully saturated rings. The molecule has 0 heterocycles. The second-order valence-corrected chi connectivity index (χ2v) is 9.39. The number of nitrogens with one attached hydrogen (secondary N) is 2. The number of benzene rings is 1. The van der Waals surface area contributed by atoms with Gasteiger partial charge in [-0.2, -0.15) is 0 Å². The molecule has 0 aliphatic heterocycles. The van der Waals surface area contributed by atoms with Crippen molar-refractivity contribution in [1.82, 2.24) is 5.32 Å². The topological polar surface area (TPSA) is 84.5 Å². The van der Waals surface area contributed by atoms with E-state index in [4.69, 9.17) is 4.74 Å². The van der Waals surface area contributed by atoms with Gasteiger partial charge in [0, 0.05) is 16.5 Å². The maximum Gasteiger partial charge on any atom is 0.408 e. The smallest absolute Gasteiger partial charge is 0.408 e. The van der Waals surface area contributed by atoms with E-state index >= 15 is 0 Å². The monoisotopic (exact) mass is 466 g/mol. The first-order valence-corrected chi connectivity index (χ1v) is 11.0. The van der Waals surface area contributed by atoms with Crippen LogP contribution in [0.25, 0.3) is 0 Å². The van der Waals surface area contributed by atoms with Crippen molar-refractivity contribution < 1.29 is 19.1 Å². The molecule has 1 aliphatic carbocycles. The number of amides is 2. The first kappa shape index (κ1) is 23.4. The van der Waals surface area contributed by atoms with Crippen LogP contribution in [-0.4, -0.2) is 29.4 Å². The number of ether oxygens (including phenoxy) is 1. The third-order valence-electron chi connectivity index (χ3n) is 4.94. The molecule has 7 heteroatoms. The number of Topliss-reactive ketones (excluding diaryl/α,β-unsaturated/α-hetero) is 1. The van der Waals surface area contributed by atoms with E-state index in [-0.39, 0.29) is 17.6 Å². The van der Waals surface area contributed by atoms with Gasteiger partial charge in [-0.1, -0.05) is 42.1 Å².